The van der Waals surface area contributed by atoms with Gasteiger partial charge in [0.2, 0.25) is 11.2 Å². The molecule has 0 saturated carbocycles. The topological polar surface area (TPSA) is 94.6 Å². The molecule has 0 atom stereocenters. The van der Waals surface area contributed by atoms with Crippen molar-refractivity contribution < 1.29 is 9.18 Å². The standard InChI is InChI=1S/C15H11ClFN5O/c1-6-7(2)20-14-12(19-6)11(21-15(16)22-14)9-5-8(13(18)23)3-4-10(9)17/h3-5H,1-2H3,(H2,18,23). The molecule has 0 unspecified atom stereocenters. The number of nitrogens with zero attached hydrogens (tertiary/aromatic N) is 4. The van der Waals surface area contributed by atoms with E-state index >= 15 is 0 Å². The largest absolute Gasteiger partial charge is 0.366 e. The Morgan fingerprint density at radius 1 is 1.13 bits per heavy atom. The van der Waals surface area contributed by atoms with Gasteiger partial charge in [-0.1, -0.05) is 0 Å². The number of hydrogen-bond acceptors (Lipinski definition) is 5. The van der Waals surface area contributed by atoms with Crippen molar-refractivity contribution in [3.63, 3.8) is 0 Å². The number of rotatable bonds is 2. The predicted molar refractivity (Wildman–Crippen MR) is 83.5 cm³/mol. The number of nitrogens with two attached hydrogens (primary N) is 1. The van der Waals surface area contributed by atoms with E-state index in [9.17, 15) is 9.18 Å². The Labute approximate surface area is 135 Å². The van der Waals surface area contributed by atoms with E-state index in [1.165, 1.54) is 12.1 Å². The SMILES string of the molecule is Cc1nc2nc(Cl)nc(-c3cc(C(N)=O)ccc3F)c2nc1C. The van der Waals surface area contributed by atoms with E-state index in [2.05, 4.69) is 19.9 Å². The van der Waals surface area contributed by atoms with Crippen molar-refractivity contribution in [1.82, 2.24) is 19.9 Å². The van der Waals surface area contributed by atoms with Crippen molar-refractivity contribution in [1.29, 1.82) is 0 Å². The summed E-state index contributed by atoms with van der Waals surface area (Å²) in [6.45, 7) is 3.56. The van der Waals surface area contributed by atoms with Crippen LogP contribution in [-0.2, 0) is 0 Å². The average Bonchev–Trinajstić information content (AvgIpc) is 2.48. The lowest BCUT2D eigenvalue weighted by atomic mass is 10.1. The van der Waals surface area contributed by atoms with Gasteiger partial charge in [0.1, 0.15) is 17.0 Å². The first-order valence-electron chi connectivity index (χ1n) is 6.65. The summed E-state index contributed by atoms with van der Waals surface area (Å²) in [4.78, 5) is 28.1. The molecule has 0 spiro atoms. The summed E-state index contributed by atoms with van der Waals surface area (Å²) >= 11 is 5.92. The van der Waals surface area contributed by atoms with Crippen molar-refractivity contribution in [2.45, 2.75) is 13.8 Å². The molecule has 0 aliphatic carbocycles. The molecule has 0 fully saturated rings. The smallest absolute Gasteiger partial charge is 0.248 e. The molecular formula is C15H11ClFN5O. The molecule has 2 N–H and O–H groups in total. The van der Waals surface area contributed by atoms with Gasteiger partial charge >= 0.3 is 0 Å². The van der Waals surface area contributed by atoms with Gasteiger partial charge in [0.25, 0.3) is 0 Å². The lowest BCUT2D eigenvalue weighted by Gasteiger charge is -2.09. The van der Waals surface area contributed by atoms with Gasteiger partial charge in [0.05, 0.1) is 11.4 Å². The summed E-state index contributed by atoms with van der Waals surface area (Å²) in [5.74, 6) is -1.25. The zero-order valence-electron chi connectivity index (χ0n) is 12.3. The summed E-state index contributed by atoms with van der Waals surface area (Å²) in [6, 6.07) is 3.76. The zero-order chi connectivity index (χ0) is 16.7. The van der Waals surface area contributed by atoms with Crippen LogP contribution in [-0.4, -0.2) is 25.8 Å². The number of carbonyl (C=O) groups is 1. The van der Waals surface area contributed by atoms with Crippen molar-refractivity contribution in [2.75, 3.05) is 0 Å². The van der Waals surface area contributed by atoms with E-state index in [0.29, 0.717) is 16.9 Å². The number of primary amides is 1. The van der Waals surface area contributed by atoms with E-state index in [4.69, 9.17) is 17.3 Å². The number of aryl methyl sites for hydroxylation is 2. The Morgan fingerprint density at radius 3 is 2.52 bits per heavy atom. The maximum Gasteiger partial charge on any atom is 0.248 e. The molecule has 0 bridgehead atoms. The molecule has 116 valence electrons. The Bertz CT molecular complexity index is 960. The van der Waals surface area contributed by atoms with Crippen LogP contribution >= 0.6 is 11.6 Å². The third-order valence-corrected chi connectivity index (χ3v) is 3.59. The van der Waals surface area contributed by atoms with E-state index in [1.54, 1.807) is 13.8 Å². The highest BCUT2D eigenvalue weighted by atomic mass is 35.5. The second-order valence-electron chi connectivity index (χ2n) is 4.97. The van der Waals surface area contributed by atoms with Gasteiger partial charge in [-0.15, -0.1) is 0 Å². The molecule has 0 aliphatic heterocycles. The van der Waals surface area contributed by atoms with Gasteiger partial charge in [-0.25, -0.2) is 19.3 Å². The Morgan fingerprint density at radius 2 is 1.83 bits per heavy atom. The second kappa shape index (κ2) is 5.51. The highest BCUT2D eigenvalue weighted by molar-refractivity contribution is 6.28. The first-order chi connectivity index (χ1) is 10.9. The van der Waals surface area contributed by atoms with Gasteiger partial charge < -0.3 is 5.73 Å². The lowest BCUT2D eigenvalue weighted by Crippen LogP contribution is -2.11. The fourth-order valence-corrected chi connectivity index (χ4v) is 2.30. The summed E-state index contributed by atoms with van der Waals surface area (Å²) in [5, 5.41) is -0.0890. The minimum absolute atomic E-state index is 0.0631. The molecule has 0 aliphatic rings. The zero-order valence-corrected chi connectivity index (χ0v) is 13.0. The van der Waals surface area contributed by atoms with Crippen LogP contribution in [0.4, 0.5) is 4.39 Å². The van der Waals surface area contributed by atoms with Gasteiger partial charge in [-0.3, -0.25) is 4.79 Å². The number of benzene rings is 1. The van der Waals surface area contributed by atoms with Crippen LogP contribution in [0.25, 0.3) is 22.4 Å². The molecule has 6 nitrogen and oxygen atoms in total. The quantitative estimate of drug-likeness (QED) is 0.728. The second-order valence-corrected chi connectivity index (χ2v) is 5.30. The predicted octanol–water partition coefficient (Wildman–Crippen LogP) is 2.60. The Balaban J connectivity index is 2.38. The highest BCUT2D eigenvalue weighted by Gasteiger charge is 2.17. The molecule has 8 heteroatoms. The van der Waals surface area contributed by atoms with E-state index in [1.807, 2.05) is 0 Å². The summed E-state index contributed by atoms with van der Waals surface area (Å²) in [6.07, 6.45) is 0. The number of aromatic nitrogens is 4. The summed E-state index contributed by atoms with van der Waals surface area (Å²) in [7, 11) is 0. The maximum absolute atomic E-state index is 14.3. The third kappa shape index (κ3) is 2.70. The van der Waals surface area contributed by atoms with E-state index < -0.39 is 11.7 Å². The molecule has 2 heterocycles. The molecular weight excluding hydrogens is 321 g/mol. The van der Waals surface area contributed by atoms with Gasteiger partial charge in [-0.05, 0) is 43.6 Å². The number of amides is 1. The normalized spacial score (nSPS) is 11.0. The Hall–Kier alpha value is -2.67. The molecule has 1 aromatic carbocycles. The fourth-order valence-electron chi connectivity index (χ4n) is 2.13. The monoisotopic (exact) mass is 331 g/mol. The van der Waals surface area contributed by atoms with Gasteiger partial charge in [-0.2, -0.15) is 4.98 Å². The minimum Gasteiger partial charge on any atom is -0.366 e. The summed E-state index contributed by atoms with van der Waals surface area (Å²) < 4.78 is 14.3. The van der Waals surface area contributed by atoms with Gasteiger partial charge in [0, 0.05) is 11.1 Å². The minimum atomic E-state index is -0.672. The van der Waals surface area contributed by atoms with E-state index in [0.717, 1.165) is 6.07 Å². The average molecular weight is 332 g/mol. The number of carbonyl (C=O) groups excluding carboxylic acids is 1. The molecule has 0 radical (unpaired) electrons. The third-order valence-electron chi connectivity index (χ3n) is 3.42. The van der Waals surface area contributed by atoms with Crippen LogP contribution in [0, 0.1) is 19.7 Å². The Kier molecular flexibility index (Phi) is 3.65. The maximum atomic E-state index is 14.3. The van der Waals surface area contributed by atoms with Crippen LogP contribution in [0.1, 0.15) is 21.7 Å². The molecule has 23 heavy (non-hydrogen) atoms. The number of fused-ring (bicyclic) bond motifs is 1. The first kappa shape index (κ1) is 15.2. The molecule has 1 amide bonds. The molecule has 3 rings (SSSR count). The molecule has 3 aromatic rings. The molecule has 2 aromatic heterocycles. The van der Waals surface area contributed by atoms with E-state index in [-0.39, 0.29) is 27.8 Å². The number of halogens is 2. The van der Waals surface area contributed by atoms with Crippen LogP contribution in [0.3, 0.4) is 0 Å². The molecule has 0 saturated heterocycles. The first-order valence-corrected chi connectivity index (χ1v) is 7.03. The van der Waals surface area contributed by atoms with Crippen molar-refractivity contribution >= 4 is 28.7 Å². The van der Waals surface area contributed by atoms with Gasteiger partial charge in [0.15, 0.2) is 5.65 Å². The van der Waals surface area contributed by atoms with Crippen LogP contribution in [0.15, 0.2) is 18.2 Å². The highest BCUT2D eigenvalue weighted by Crippen LogP contribution is 2.28. The fraction of sp³-hybridized carbons (Fsp3) is 0.133. The lowest BCUT2D eigenvalue weighted by molar-refractivity contribution is 0.100. The number of hydrogen-bond donors (Lipinski definition) is 1. The van der Waals surface area contributed by atoms with Crippen LogP contribution in [0.2, 0.25) is 5.28 Å². The van der Waals surface area contributed by atoms with Crippen LogP contribution < -0.4 is 5.73 Å². The van der Waals surface area contributed by atoms with Crippen molar-refractivity contribution in [3.05, 3.63) is 46.3 Å². The van der Waals surface area contributed by atoms with Crippen molar-refractivity contribution in [2.24, 2.45) is 5.73 Å². The van der Waals surface area contributed by atoms with Crippen molar-refractivity contribution in [3.8, 4) is 11.3 Å². The van der Waals surface area contributed by atoms with Crippen LogP contribution in [0.5, 0.6) is 0 Å². The summed E-state index contributed by atoms with van der Waals surface area (Å²) in [5.41, 5.74) is 7.54.